The summed E-state index contributed by atoms with van der Waals surface area (Å²) in [5, 5.41) is 15.1. The summed E-state index contributed by atoms with van der Waals surface area (Å²) in [6.07, 6.45) is 1.77. The van der Waals surface area contributed by atoms with Crippen LogP contribution in [0.3, 0.4) is 0 Å². The number of ketones is 1. The zero-order valence-corrected chi connectivity index (χ0v) is 20.5. The molecule has 35 heavy (non-hydrogen) atoms. The summed E-state index contributed by atoms with van der Waals surface area (Å²) in [4.78, 5) is 44.2. The van der Waals surface area contributed by atoms with Crippen LogP contribution >= 0.6 is 35.0 Å². The molecule has 2 heterocycles. The molecule has 0 spiro atoms. The van der Waals surface area contributed by atoms with Crippen molar-refractivity contribution in [2.24, 2.45) is 0 Å². The Morgan fingerprint density at radius 2 is 1.89 bits per heavy atom. The summed E-state index contributed by atoms with van der Waals surface area (Å²) in [5.74, 6) is 0.136. The molecule has 2 N–H and O–H groups in total. The van der Waals surface area contributed by atoms with Gasteiger partial charge in [-0.15, -0.1) is 0 Å². The number of carbonyl (C=O) groups is 1. The molecule has 1 aliphatic heterocycles. The fourth-order valence-corrected chi connectivity index (χ4v) is 5.66. The second kappa shape index (κ2) is 9.49. The smallest absolute Gasteiger partial charge is 0.269 e. The van der Waals surface area contributed by atoms with Gasteiger partial charge in [0.1, 0.15) is 5.82 Å². The first-order valence-corrected chi connectivity index (χ1v) is 12.5. The standard InChI is InChI=1S/C24H18Cl2N4O4S/c25-15-4-1-3-14(21(15)26)18-19-16(5-2-6-17(19)31)27-22-20(18)23(32)29-24(28-22)35-11-12-7-9-13(10-8-12)30(33)34/h1,3-4,7-10,18H,2,5-6,11H2,(H2,27,28,29,32). The van der Waals surface area contributed by atoms with Crippen LogP contribution in [-0.2, 0) is 10.5 Å². The minimum atomic E-state index is -0.676. The number of nitrogens with zero attached hydrogens (tertiary/aromatic N) is 2. The average Bonchev–Trinajstić information content (AvgIpc) is 2.84. The zero-order chi connectivity index (χ0) is 24.7. The van der Waals surface area contributed by atoms with Gasteiger partial charge in [0, 0.05) is 41.5 Å². The molecule has 0 bridgehead atoms. The van der Waals surface area contributed by atoms with Crippen LogP contribution in [0.15, 0.2) is 63.7 Å². The number of Topliss-reactive ketones (excluding diaryl/α,β-unsaturated/α-hetero) is 1. The van der Waals surface area contributed by atoms with Gasteiger partial charge in [-0.25, -0.2) is 4.98 Å². The molecule has 0 saturated heterocycles. The van der Waals surface area contributed by atoms with Crippen molar-refractivity contribution in [2.45, 2.75) is 36.1 Å². The van der Waals surface area contributed by atoms with Gasteiger partial charge in [-0.2, -0.15) is 0 Å². The maximum absolute atomic E-state index is 13.3. The highest BCUT2D eigenvalue weighted by molar-refractivity contribution is 7.98. The summed E-state index contributed by atoms with van der Waals surface area (Å²) in [7, 11) is 0. The van der Waals surface area contributed by atoms with E-state index in [1.807, 2.05) is 0 Å². The molecule has 0 fully saturated rings. The number of hydrogen-bond donors (Lipinski definition) is 2. The van der Waals surface area contributed by atoms with Gasteiger partial charge in [0.25, 0.3) is 11.2 Å². The Morgan fingerprint density at radius 1 is 1.11 bits per heavy atom. The molecule has 0 amide bonds. The van der Waals surface area contributed by atoms with Crippen LogP contribution in [0.4, 0.5) is 11.5 Å². The maximum Gasteiger partial charge on any atom is 0.269 e. The van der Waals surface area contributed by atoms with E-state index in [1.54, 1.807) is 30.3 Å². The summed E-state index contributed by atoms with van der Waals surface area (Å²) < 4.78 is 0. The SMILES string of the molecule is O=C1CCCC2=C1C(c1cccc(Cl)c1Cl)c1c(nc(SCc3ccc([N+](=O)[O-])cc3)[nH]c1=O)N2. The van der Waals surface area contributed by atoms with E-state index in [-0.39, 0.29) is 17.0 Å². The van der Waals surface area contributed by atoms with Gasteiger partial charge in [-0.1, -0.05) is 59.2 Å². The molecule has 2 aromatic carbocycles. The number of carbonyl (C=O) groups excluding carboxylic acids is 1. The molecule has 3 aromatic rings. The second-order valence-electron chi connectivity index (χ2n) is 8.22. The van der Waals surface area contributed by atoms with Gasteiger partial charge in [-0.05, 0) is 30.0 Å². The van der Waals surface area contributed by atoms with Gasteiger partial charge in [0.2, 0.25) is 0 Å². The molecule has 8 nitrogen and oxygen atoms in total. The Morgan fingerprint density at radius 3 is 2.63 bits per heavy atom. The van der Waals surface area contributed by atoms with Crippen molar-refractivity contribution in [2.75, 3.05) is 5.32 Å². The van der Waals surface area contributed by atoms with Crippen molar-refractivity contribution in [3.05, 3.63) is 101 Å². The summed E-state index contributed by atoms with van der Waals surface area (Å²) in [6.45, 7) is 0. The van der Waals surface area contributed by atoms with Crippen molar-refractivity contribution >= 4 is 52.3 Å². The van der Waals surface area contributed by atoms with E-state index >= 15 is 0 Å². The van der Waals surface area contributed by atoms with E-state index in [0.717, 1.165) is 11.3 Å². The summed E-state index contributed by atoms with van der Waals surface area (Å²) in [5.41, 5.74) is 2.68. The van der Waals surface area contributed by atoms with E-state index < -0.39 is 10.8 Å². The number of hydrogen-bond acceptors (Lipinski definition) is 7. The lowest BCUT2D eigenvalue weighted by atomic mass is 9.76. The molecule has 178 valence electrons. The maximum atomic E-state index is 13.3. The van der Waals surface area contributed by atoms with E-state index in [9.17, 15) is 19.7 Å². The molecule has 11 heteroatoms. The number of aromatic amines is 1. The summed E-state index contributed by atoms with van der Waals surface area (Å²) in [6, 6.07) is 11.4. The number of aromatic nitrogens is 2. The number of benzene rings is 2. The topological polar surface area (TPSA) is 118 Å². The van der Waals surface area contributed by atoms with Gasteiger partial charge in [0.15, 0.2) is 10.9 Å². The van der Waals surface area contributed by atoms with Gasteiger partial charge < -0.3 is 10.3 Å². The molecule has 0 saturated carbocycles. The third kappa shape index (κ3) is 4.47. The van der Waals surface area contributed by atoms with Crippen LogP contribution in [0, 0.1) is 10.1 Å². The van der Waals surface area contributed by atoms with Crippen molar-refractivity contribution in [3.63, 3.8) is 0 Å². The lowest BCUT2D eigenvalue weighted by molar-refractivity contribution is -0.384. The number of thioether (sulfide) groups is 1. The first-order chi connectivity index (χ1) is 16.8. The highest BCUT2D eigenvalue weighted by Gasteiger charge is 2.39. The first kappa shape index (κ1) is 23.6. The number of rotatable bonds is 5. The van der Waals surface area contributed by atoms with Crippen LogP contribution in [0.2, 0.25) is 10.0 Å². The molecule has 0 radical (unpaired) electrons. The third-order valence-corrected chi connectivity index (χ3v) is 7.83. The minimum Gasteiger partial charge on any atom is -0.343 e. The molecule has 1 aromatic heterocycles. The Bertz CT molecular complexity index is 1450. The largest absolute Gasteiger partial charge is 0.343 e. The van der Waals surface area contributed by atoms with Crippen molar-refractivity contribution in [3.8, 4) is 0 Å². The summed E-state index contributed by atoms with van der Waals surface area (Å²) >= 11 is 14.1. The predicted molar refractivity (Wildman–Crippen MR) is 135 cm³/mol. The second-order valence-corrected chi connectivity index (χ2v) is 9.96. The fraction of sp³-hybridized carbons (Fsp3) is 0.208. The lowest BCUT2D eigenvalue weighted by Gasteiger charge is -2.33. The first-order valence-electron chi connectivity index (χ1n) is 10.8. The van der Waals surface area contributed by atoms with Crippen LogP contribution in [-0.4, -0.2) is 20.7 Å². The molecule has 2 aliphatic rings. The quantitative estimate of drug-likeness (QED) is 0.184. The number of non-ortho nitro benzene ring substituents is 1. The Balaban J connectivity index is 1.53. The number of H-pyrrole nitrogens is 1. The highest BCUT2D eigenvalue weighted by atomic mass is 35.5. The van der Waals surface area contributed by atoms with E-state index in [1.165, 1.54) is 23.9 Å². The molecular formula is C24H18Cl2N4O4S. The Labute approximate surface area is 213 Å². The predicted octanol–water partition coefficient (Wildman–Crippen LogP) is 5.84. The molecule has 1 aliphatic carbocycles. The van der Waals surface area contributed by atoms with Crippen LogP contribution in [0.5, 0.6) is 0 Å². The molecular weight excluding hydrogens is 511 g/mol. The van der Waals surface area contributed by atoms with E-state index in [4.69, 9.17) is 23.2 Å². The molecule has 5 rings (SSSR count). The average molecular weight is 529 g/mol. The zero-order valence-electron chi connectivity index (χ0n) is 18.1. The van der Waals surface area contributed by atoms with Crippen LogP contribution in [0.1, 0.15) is 41.9 Å². The number of nitrogens with one attached hydrogen (secondary N) is 2. The van der Waals surface area contributed by atoms with Gasteiger partial charge in [-0.3, -0.25) is 19.7 Å². The van der Waals surface area contributed by atoms with Gasteiger partial charge in [0.05, 0.1) is 20.5 Å². The number of allylic oxidation sites excluding steroid dienone is 2. The monoisotopic (exact) mass is 528 g/mol. The van der Waals surface area contributed by atoms with Crippen molar-refractivity contribution in [1.82, 2.24) is 9.97 Å². The number of nitro groups is 1. The number of anilines is 1. The van der Waals surface area contributed by atoms with Crippen LogP contribution < -0.4 is 10.9 Å². The molecule has 1 atom stereocenters. The lowest BCUT2D eigenvalue weighted by Crippen LogP contribution is -2.32. The Kier molecular flexibility index (Phi) is 6.39. The third-order valence-electron chi connectivity index (χ3n) is 6.05. The fourth-order valence-electron chi connectivity index (χ4n) is 4.43. The van der Waals surface area contributed by atoms with Crippen molar-refractivity contribution in [1.29, 1.82) is 0 Å². The van der Waals surface area contributed by atoms with E-state index in [0.29, 0.717) is 62.7 Å². The number of halogens is 2. The minimum absolute atomic E-state index is 0.0140. The Hall–Kier alpha value is -3.14. The normalized spacial score (nSPS) is 17.0. The van der Waals surface area contributed by atoms with Crippen LogP contribution in [0.25, 0.3) is 0 Å². The highest BCUT2D eigenvalue weighted by Crippen LogP contribution is 2.46. The molecule has 1 unspecified atom stereocenters. The van der Waals surface area contributed by atoms with Gasteiger partial charge >= 0.3 is 0 Å². The number of nitro benzene ring substituents is 1. The van der Waals surface area contributed by atoms with Crippen molar-refractivity contribution < 1.29 is 9.72 Å². The number of fused-ring (bicyclic) bond motifs is 1. The van der Waals surface area contributed by atoms with E-state index in [2.05, 4.69) is 15.3 Å².